The third-order valence-corrected chi connectivity index (χ3v) is 4.07. The standard InChI is InChI=1S/C21H18F3N5O2/c1-3-11-29-13-25-28-19(29)16-9-6-10-17(26-16)27-20(30)14-7-5-8-15(21(22,23)24)18(14)31-12-4-2/h3-10,13H,1-2,11-12H2,(H,26,27,30). The van der Waals surface area contributed by atoms with E-state index < -0.39 is 23.4 Å². The Morgan fingerprint density at radius 1 is 1.16 bits per heavy atom. The van der Waals surface area contributed by atoms with Gasteiger partial charge in [0.2, 0.25) is 0 Å². The van der Waals surface area contributed by atoms with E-state index in [2.05, 4.69) is 33.7 Å². The number of alkyl halides is 3. The first-order valence-corrected chi connectivity index (χ1v) is 9.06. The maximum Gasteiger partial charge on any atom is 0.419 e. The average molecular weight is 429 g/mol. The van der Waals surface area contributed by atoms with Gasteiger partial charge in [0.15, 0.2) is 5.82 Å². The normalized spacial score (nSPS) is 11.1. The van der Waals surface area contributed by atoms with Gasteiger partial charge in [-0.2, -0.15) is 13.2 Å². The van der Waals surface area contributed by atoms with Crippen molar-refractivity contribution in [1.29, 1.82) is 0 Å². The Bertz CT molecular complexity index is 1110. The highest BCUT2D eigenvalue weighted by atomic mass is 19.4. The third-order valence-electron chi connectivity index (χ3n) is 4.07. The van der Waals surface area contributed by atoms with Gasteiger partial charge < -0.3 is 14.6 Å². The number of pyridine rings is 1. The molecule has 3 rings (SSSR count). The zero-order chi connectivity index (χ0) is 22.4. The van der Waals surface area contributed by atoms with Crippen LogP contribution in [0.25, 0.3) is 11.5 Å². The van der Waals surface area contributed by atoms with Crippen LogP contribution in [0.3, 0.4) is 0 Å². The van der Waals surface area contributed by atoms with Crippen LogP contribution in [0.15, 0.2) is 68.0 Å². The van der Waals surface area contributed by atoms with E-state index in [0.717, 1.165) is 12.1 Å². The molecule has 7 nitrogen and oxygen atoms in total. The van der Waals surface area contributed by atoms with Gasteiger partial charge in [-0.15, -0.1) is 16.8 Å². The lowest BCUT2D eigenvalue weighted by Gasteiger charge is -2.16. The van der Waals surface area contributed by atoms with Crippen molar-refractivity contribution in [3.05, 3.63) is 79.2 Å². The first kappa shape index (κ1) is 21.8. The molecule has 0 aliphatic heterocycles. The van der Waals surface area contributed by atoms with Crippen molar-refractivity contribution in [2.24, 2.45) is 0 Å². The van der Waals surface area contributed by atoms with Gasteiger partial charge in [0.1, 0.15) is 30.2 Å². The molecule has 0 spiro atoms. The van der Waals surface area contributed by atoms with Crippen LogP contribution < -0.4 is 10.1 Å². The molecule has 2 aromatic heterocycles. The van der Waals surface area contributed by atoms with Gasteiger partial charge in [-0.05, 0) is 24.3 Å². The second kappa shape index (κ2) is 9.24. The van der Waals surface area contributed by atoms with Gasteiger partial charge in [-0.25, -0.2) is 4.98 Å². The number of rotatable bonds is 8. The SMILES string of the molecule is C=CCOc1c(C(=O)Nc2cccc(-c3nncn3CC=C)n2)cccc1C(F)(F)F. The number of hydrogen-bond acceptors (Lipinski definition) is 5. The summed E-state index contributed by atoms with van der Waals surface area (Å²) < 4.78 is 47.0. The zero-order valence-electron chi connectivity index (χ0n) is 16.3. The van der Waals surface area contributed by atoms with E-state index in [4.69, 9.17) is 4.74 Å². The second-order valence-electron chi connectivity index (χ2n) is 6.24. The van der Waals surface area contributed by atoms with Crippen LogP contribution in [0, 0.1) is 0 Å². The molecule has 2 heterocycles. The summed E-state index contributed by atoms with van der Waals surface area (Å²) in [6.07, 6.45) is -0.230. The molecule has 0 unspecified atom stereocenters. The van der Waals surface area contributed by atoms with E-state index in [0.29, 0.717) is 18.1 Å². The molecule has 1 amide bonds. The zero-order valence-corrected chi connectivity index (χ0v) is 16.3. The topological polar surface area (TPSA) is 81.9 Å². The molecule has 0 bridgehead atoms. The number of para-hydroxylation sites is 1. The van der Waals surface area contributed by atoms with Crippen molar-refractivity contribution < 1.29 is 22.7 Å². The van der Waals surface area contributed by atoms with Crippen molar-refractivity contribution in [2.45, 2.75) is 12.7 Å². The van der Waals surface area contributed by atoms with Crippen LogP contribution >= 0.6 is 0 Å². The monoisotopic (exact) mass is 429 g/mol. The van der Waals surface area contributed by atoms with E-state index in [9.17, 15) is 18.0 Å². The molecule has 3 aromatic rings. The van der Waals surface area contributed by atoms with E-state index >= 15 is 0 Å². The van der Waals surface area contributed by atoms with E-state index in [1.54, 1.807) is 22.8 Å². The first-order chi connectivity index (χ1) is 14.8. The molecule has 0 aliphatic rings. The molecule has 1 N–H and O–H groups in total. The summed E-state index contributed by atoms with van der Waals surface area (Å²) in [5.74, 6) is -0.801. The smallest absolute Gasteiger partial charge is 0.419 e. The number of amides is 1. The summed E-state index contributed by atoms with van der Waals surface area (Å²) in [5.41, 5.74) is -0.913. The molecule has 160 valence electrons. The second-order valence-corrected chi connectivity index (χ2v) is 6.24. The lowest BCUT2D eigenvalue weighted by atomic mass is 10.1. The van der Waals surface area contributed by atoms with Crippen LogP contribution in [0.4, 0.5) is 19.0 Å². The predicted molar refractivity (Wildman–Crippen MR) is 109 cm³/mol. The summed E-state index contributed by atoms with van der Waals surface area (Å²) in [4.78, 5) is 17.1. The Kier molecular flexibility index (Phi) is 6.49. The number of carbonyl (C=O) groups is 1. The minimum Gasteiger partial charge on any atom is -0.488 e. The molecule has 31 heavy (non-hydrogen) atoms. The van der Waals surface area contributed by atoms with Crippen LogP contribution in [0.5, 0.6) is 5.75 Å². The molecule has 0 radical (unpaired) electrons. The predicted octanol–water partition coefficient (Wildman–Crippen LogP) is 4.36. The Hall–Kier alpha value is -3.95. The van der Waals surface area contributed by atoms with Crippen molar-refractivity contribution in [2.75, 3.05) is 11.9 Å². The summed E-state index contributed by atoms with van der Waals surface area (Å²) >= 11 is 0. The fourth-order valence-electron chi connectivity index (χ4n) is 2.78. The Morgan fingerprint density at radius 3 is 2.65 bits per heavy atom. The Balaban J connectivity index is 1.92. The fourth-order valence-corrected chi connectivity index (χ4v) is 2.78. The van der Waals surface area contributed by atoms with Crippen molar-refractivity contribution in [3.63, 3.8) is 0 Å². The largest absolute Gasteiger partial charge is 0.488 e. The molecule has 0 fully saturated rings. The van der Waals surface area contributed by atoms with Crippen molar-refractivity contribution in [3.8, 4) is 17.3 Å². The van der Waals surface area contributed by atoms with Gasteiger partial charge in [-0.1, -0.05) is 30.9 Å². The summed E-state index contributed by atoms with van der Waals surface area (Å²) in [6.45, 7) is 7.35. The minimum atomic E-state index is -4.69. The minimum absolute atomic E-state index is 0.128. The Morgan fingerprint density at radius 2 is 1.94 bits per heavy atom. The van der Waals surface area contributed by atoms with Gasteiger partial charge in [0, 0.05) is 6.54 Å². The van der Waals surface area contributed by atoms with E-state index in [1.807, 2.05) is 0 Å². The number of carbonyl (C=O) groups excluding carboxylic acids is 1. The van der Waals surface area contributed by atoms with E-state index in [1.165, 1.54) is 24.5 Å². The molecule has 0 saturated heterocycles. The lowest BCUT2D eigenvalue weighted by Crippen LogP contribution is -2.18. The number of ether oxygens (including phenoxy) is 1. The highest BCUT2D eigenvalue weighted by Crippen LogP contribution is 2.38. The number of anilines is 1. The van der Waals surface area contributed by atoms with Crippen molar-refractivity contribution >= 4 is 11.7 Å². The number of allylic oxidation sites excluding steroid dienone is 1. The summed E-state index contributed by atoms with van der Waals surface area (Å²) in [6, 6.07) is 8.04. The maximum atomic E-state index is 13.4. The quantitative estimate of drug-likeness (QED) is 0.538. The highest BCUT2D eigenvalue weighted by molar-refractivity contribution is 6.06. The van der Waals surface area contributed by atoms with Crippen LogP contribution in [0.2, 0.25) is 0 Å². The van der Waals surface area contributed by atoms with Crippen LogP contribution in [0.1, 0.15) is 15.9 Å². The average Bonchev–Trinajstić information content (AvgIpc) is 3.20. The van der Waals surface area contributed by atoms with Gasteiger partial charge in [0.05, 0.1) is 11.1 Å². The summed E-state index contributed by atoms with van der Waals surface area (Å²) in [7, 11) is 0. The number of benzene rings is 1. The number of aromatic nitrogens is 4. The molecule has 0 atom stereocenters. The van der Waals surface area contributed by atoms with Gasteiger partial charge in [-0.3, -0.25) is 4.79 Å². The molecule has 10 heteroatoms. The van der Waals surface area contributed by atoms with E-state index in [-0.39, 0.29) is 18.0 Å². The maximum absolute atomic E-state index is 13.4. The lowest BCUT2D eigenvalue weighted by molar-refractivity contribution is -0.138. The first-order valence-electron chi connectivity index (χ1n) is 9.06. The van der Waals surface area contributed by atoms with Gasteiger partial charge >= 0.3 is 6.18 Å². The highest BCUT2D eigenvalue weighted by Gasteiger charge is 2.36. The van der Waals surface area contributed by atoms with Crippen LogP contribution in [-0.4, -0.2) is 32.3 Å². The fraction of sp³-hybridized carbons (Fsp3) is 0.143. The number of nitrogens with one attached hydrogen (secondary N) is 1. The molecular weight excluding hydrogens is 411 g/mol. The van der Waals surface area contributed by atoms with Crippen LogP contribution in [-0.2, 0) is 12.7 Å². The van der Waals surface area contributed by atoms with Crippen molar-refractivity contribution in [1.82, 2.24) is 19.7 Å². The number of nitrogens with zero attached hydrogens (tertiary/aromatic N) is 4. The molecule has 1 aromatic carbocycles. The third kappa shape index (κ3) is 4.97. The Labute approximate surface area is 175 Å². The number of halogens is 3. The molecule has 0 saturated carbocycles. The molecule has 0 aliphatic carbocycles. The van der Waals surface area contributed by atoms with Gasteiger partial charge in [0.25, 0.3) is 5.91 Å². The summed E-state index contributed by atoms with van der Waals surface area (Å²) in [5, 5.41) is 10.3. The number of hydrogen-bond donors (Lipinski definition) is 1. The molecular formula is C21H18F3N5O2.